The van der Waals surface area contributed by atoms with Crippen molar-refractivity contribution in [2.75, 3.05) is 80.9 Å². The lowest BCUT2D eigenvalue weighted by Crippen LogP contribution is -2.40. The average Bonchev–Trinajstić information content (AvgIpc) is 1.62. The Kier molecular flexibility index (Phi) is 25.7. The van der Waals surface area contributed by atoms with Gasteiger partial charge in [-0.25, -0.2) is 0 Å². The maximum absolute atomic E-state index is 14.6. The summed E-state index contributed by atoms with van der Waals surface area (Å²) in [6, 6.07) is 36.1. The third-order valence-corrected chi connectivity index (χ3v) is 20.1. The Labute approximate surface area is 663 Å². The number of nitrogens with zero attached hydrogens (tertiary/aromatic N) is 12. The fourth-order valence-electron chi connectivity index (χ4n) is 14.3. The Bertz CT molecular complexity index is 5480. The molecule has 6 aromatic heterocycles. The molecule has 3 aliphatic heterocycles. The van der Waals surface area contributed by atoms with Crippen molar-refractivity contribution in [3.63, 3.8) is 0 Å². The average molecular weight is 1560 g/mol. The predicted molar refractivity (Wildman–Crippen MR) is 431 cm³/mol. The van der Waals surface area contributed by atoms with Crippen LogP contribution in [0.5, 0.6) is 69.0 Å². The topological polar surface area (TPSA) is 236 Å². The number of hydrogen-bond donors (Lipinski definition) is 0. The highest BCUT2D eigenvalue weighted by atomic mass is 19.1. The van der Waals surface area contributed by atoms with E-state index in [-0.39, 0.29) is 70.3 Å². The maximum atomic E-state index is 14.6. The molecule has 0 spiro atoms. The molecule has 3 fully saturated rings. The molecule has 0 saturated carbocycles. The molecule has 3 amide bonds. The van der Waals surface area contributed by atoms with Crippen LogP contribution in [0.2, 0.25) is 0 Å². The third-order valence-electron chi connectivity index (χ3n) is 20.1. The molecule has 3 atom stereocenters. The van der Waals surface area contributed by atoms with Gasteiger partial charge in [0.15, 0.2) is 51.7 Å². The SMILES string of the molecule is C=CC(=O)N1CCC[C@@H](n2nc(-c3ccc(Oc4cccc(OC)c4F)cc3)c3cncc(OCCC)c32)C1.C=CC(=O)N1CCC[C@@H](n2nc(-c3ccc(Oc4cccc(OC)c4F)cc3)c3cncc(OCCCC)c32)C1.C=CC(=O)N1CC[C@@H](n2nc(-c3ccc(Oc4cccc(OC)c4F)cc3)c3cncc(OC)c32)C1. The van der Waals surface area contributed by atoms with Gasteiger partial charge in [0.25, 0.3) is 0 Å². The van der Waals surface area contributed by atoms with E-state index in [4.69, 9.17) is 57.9 Å². The van der Waals surface area contributed by atoms with Gasteiger partial charge in [0.1, 0.15) is 50.9 Å². The maximum Gasteiger partial charge on any atom is 0.246 e. The van der Waals surface area contributed by atoms with Gasteiger partial charge in [-0.1, -0.05) is 58.2 Å². The number of benzene rings is 6. The van der Waals surface area contributed by atoms with Gasteiger partial charge in [0.05, 0.1) is 94.5 Å². The van der Waals surface area contributed by atoms with E-state index >= 15 is 0 Å². The summed E-state index contributed by atoms with van der Waals surface area (Å²) in [6.07, 6.45) is 21.6. The number of likely N-dealkylation sites (tertiary alicyclic amines) is 3. The lowest BCUT2D eigenvalue weighted by Gasteiger charge is -2.32. The minimum absolute atomic E-state index is 0.0138. The van der Waals surface area contributed by atoms with E-state index in [2.05, 4.69) is 48.5 Å². The smallest absolute Gasteiger partial charge is 0.246 e. The Morgan fingerprint density at radius 3 is 1.06 bits per heavy atom. The molecule has 0 aliphatic carbocycles. The zero-order valence-electron chi connectivity index (χ0n) is 64.9. The van der Waals surface area contributed by atoms with Gasteiger partial charge in [-0.3, -0.25) is 43.4 Å². The molecular weight excluding hydrogens is 1470 g/mol. The second-order valence-electron chi connectivity index (χ2n) is 27.4. The van der Waals surface area contributed by atoms with Crippen LogP contribution in [0.4, 0.5) is 13.2 Å². The Hall–Kier alpha value is -13.2. The predicted octanol–water partition coefficient (Wildman–Crippen LogP) is 17.7. The lowest BCUT2D eigenvalue weighted by molar-refractivity contribution is -0.128. The van der Waals surface area contributed by atoms with Gasteiger partial charge in [0.2, 0.25) is 35.2 Å². The fraction of sp³-hybridized carbons (Fsp3) is 0.284. The van der Waals surface area contributed by atoms with Crippen molar-refractivity contribution in [1.29, 1.82) is 0 Å². The molecule has 3 saturated heterocycles. The van der Waals surface area contributed by atoms with E-state index in [1.807, 2.05) is 60.2 Å². The lowest BCUT2D eigenvalue weighted by atomic mass is 10.1. The van der Waals surface area contributed by atoms with Gasteiger partial charge >= 0.3 is 0 Å². The number of halogens is 3. The van der Waals surface area contributed by atoms with Crippen LogP contribution in [0, 0.1) is 17.5 Å². The van der Waals surface area contributed by atoms with Gasteiger partial charge in [0, 0.05) is 74.5 Å². The molecule has 0 radical (unpaired) electrons. The van der Waals surface area contributed by atoms with Crippen molar-refractivity contribution in [2.24, 2.45) is 0 Å². The van der Waals surface area contributed by atoms with E-state index in [1.165, 1.54) is 51.7 Å². The number of hydrogen-bond acceptors (Lipinski definition) is 18. The van der Waals surface area contributed by atoms with Crippen LogP contribution in [-0.4, -0.2) is 158 Å². The number of carbonyl (C=O) groups excluding carboxylic acids is 3. The number of fused-ring (bicyclic) bond motifs is 3. The zero-order valence-corrected chi connectivity index (χ0v) is 64.9. The molecule has 6 aromatic carbocycles. The highest BCUT2D eigenvalue weighted by Gasteiger charge is 2.33. The molecule has 24 nitrogen and oxygen atoms in total. The number of unbranched alkanes of at least 4 members (excludes halogenated alkanes) is 1. The van der Waals surface area contributed by atoms with Crippen molar-refractivity contribution in [3.8, 4) is 103 Å². The van der Waals surface area contributed by atoms with Crippen molar-refractivity contribution in [2.45, 2.75) is 83.3 Å². The van der Waals surface area contributed by atoms with E-state index in [0.29, 0.717) is 87.0 Å². The number of methoxy groups -OCH3 is 4. The van der Waals surface area contributed by atoms with Crippen LogP contribution < -0.4 is 42.6 Å². The number of ether oxygens (including phenoxy) is 9. The standard InChI is InChI=1S/C31H33FN4O4.C30H31FN4O4.C27H25FN4O4/c1-4-6-17-39-27-19-33-18-24-30(34-36(31(24)27)22-9-8-16-35(20-22)28(37)5-2)21-12-14-23(15-13-21)40-26-11-7-10-25(38-3)29(26)32;1-4-16-38-26-18-32-17-23-29(33-35(30(23)26)21-8-7-15-34(19-21)27(36)5-2)20-11-13-22(14-12-20)39-25-10-6-9-24(37-3)28(25)31;1-4-24(33)31-13-12-18(16-31)32-27-20(14-29-15-23(27)35-3)26(30-32)17-8-10-19(11-9-17)36-22-7-5-6-21(34-2)25(22)28/h5,7,10-15,18-19,22H,2,4,6,8-9,16-17,20H2,1,3H3;5-6,9-14,17-18,21H,2,4,7-8,15-16,19H2,1,3H3;4-11,14-15,18H,1,12-13,16H2,2-3H3/t22-;21-;18-/m111/s1. The Balaban J connectivity index is 0.000000150. The second-order valence-corrected chi connectivity index (χ2v) is 27.4. The summed E-state index contributed by atoms with van der Waals surface area (Å²) < 4.78 is 99.8. The first kappa shape index (κ1) is 79.9. The van der Waals surface area contributed by atoms with E-state index < -0.39 is 17.5 Å². The highest BCUT2D eigenvalue weighted by molar-refractivity contribution is 5.99. The first-order valence-corrected chi connectivity index (χ1v) is 38.1. The molecule has 594 valence electrons. The number of amides is 3. The van der Waals surface area contributed by atoms with Gasteiger partial charge in [-0.05, 0) is 172 Å². The van der Waals surface area contributed by atoms with Crippen LogP contribution >= 0.6 is 0 Å². The normalized spacial score (nSPS) is 15.2. The summed E-state index contributed by atoms with van der Waals surface area (Å²) >= 11 is 0. The number of aromatic nitrogens is 9. The number of rotatable bonds is 26. The minimum Gasteiger partial charge on any atom is -0.494 e. The summed E-state index contributed by atoms with van der Waals surface area (Å²) in [5.74, 6) is 2.02. The number of pyridine rings is 3. The summed E-state index contributed by atoms with van der Waals surface area (Å²) in [6.45, 7) is 19.8. The summed E-state index contributed by atoms with van der Waals surface area (Å²) in [7, 11) is 5.83. The third kappa shape index (κ3) is 17.5. The molecule has 27 heteroatoms. The molecule has 0 bridgehead atoms. The molecule has 9 heterocycles. The molecule has 0 unspecified atom stereocenters. The van der Waals surface area contributed by atoms with Crippen LogP contribution in [0.1, 0.15) is 83.3 Å². The Morgan fingerprint density at radius 2 is 0.722 bits per heavy atom. The quantitative estimate of drug-likeness (QED) is 0.0362. The van der Waals surface area contributed by atoms with E-state index in [9.17, 15) is 27.6 Å². The molecule has 0 N–H and O–H groups in total. The summed E-state index contributed by atoms with van der Waals surface area (Å²) in [5, 5.41) is 17.6. The van der Waals surface area contributed by atoms with Crippen LogP contribution in [0.25, 0.3) is 66.5 Å². The molecule has 115 heavy (non-hydrogen) atoms. The van der Waals surface area contributed by atoms with Gasteiger partial charge in [-0.15, -0.1) is 0 Å². The Morgan fingerprint density at radius 1 is 0.400 bits per heavy atom. The molecule has 12 aromatic rings. The van der Waals surface area contributed by atoms with E-state index in [1.54, 1.807) is 128 Å². The molecule has 3 aliphatic rings. The van der Waals surface area contributed by atoms with Crippen LogP contribution in [0.3, 0.4) is 0 Å². The highest BCUT2D eigenvalue weighted by Crippen LogP contribution is 2.43. The fourth-order valence-corrected chi connectivity index (χ4v) is 14.3. The largest absolute Gasteiger partial charge is 0.494 e. The molecule has 15 rings (SSSR count). The summed E-state index contributed by atoms with van der Waals surface area (Å²) in [4.78, 5) is 55.5. The second kappa shape index (κ2) is 37.0. The van der Waals surface area contributed by atoms with Crippen molar-refractivity contribution < 1.29 is 70.2 Å². The number of piperidine rings is 2. The monoisotopic (exact) mass is 1560 g/mol. The zero-order chi connectivity index (χ0) is 80.7. The van der Waals surface area contributed by atoms with Gasteiger partial charge < -0.3 is 57.3 Å². The first-order chi connectivity index (χ1) is 56.1. The van der Waals surface area contributed by atoms with Crippen molar-refractivity contribution >= 4 is 50.4 Å². The van der Waals surface area contributed by atoms with Gasteiger partial charge in [-0.2, -0.15) is 28.5 Å². The summed E-state index contributed by atoms with van der Waals surface area (Å²) in [5.41, 5.74) is 7.28. The minimum atomic E-state index is -0.562. The van der Waals surface area contributed by atoms with Crippen LogP contribution in [-0.2, 0) is 14.4 Å². The van der Waals surface area contributed by atoms with Crippen molar-refractivity contribution in [3.05, 3.63) is 220 Å². The number of carbonyl (C=O) groups is 3. The first-order valence-electron chi connectivity index (χ1n) is 38.1. The van der Waals surface area contributed by atoms with Crippen molar-refractivity contribution in [1.82, 2.24) is 59.0 Å². The van der Waals surface area contributed by atoms with E-state index in [0.717, 1.165) is 118 Å². The molecular formula is C88H89F3N12O12. The van der Waals surface area contributed by atoms with Crippen LogP contribution in [0.15, 0.2) is 203 Å².